The van der Waals surface area contributed by atoms with Crippen LogP contribution in [0.2, 0.25) is 5.02 Å². The molecule has 4 nitrogen and oxygen atoms in total. The van der Waals surface area contributed by atoms with Gasteiger partial charge in [0.15, 0.2) is 0 Å². The van der Waals surface area contributed by atoms with Gasteiger partial charge in [0, 0.05) is 10.6 Å². The zero-order chi connectivity index (χ0) is 14.5. The number of hydrogen-bond acceptors (Lipinski definition) is 4. The molecular weight excluding hydrogens is 286 g/mol. The van der Waals surface area contributed by atoms with Gasteiger partial charge in [-0.3, -0.25) is 4.90 Å². The van der Waals surface area contributed by atoms with Crippen LogP contribution in [0.3, 0.4) is 0 Å². The van der Waals surface area contributed by atoms with Gasteiger partial charge in [-0.25, -0.2) is 0 Å². The first kappa shape index (κ1) is 14.5. The Labute approximate surface area is 130 Å². The molecule has 0 amide bonds. The summed E-state index contributed by atoms with van der Waals surface area (Å²) in [7, 11) is 0. The molecule has 0 N–H and O–H groups in total. The smallest absolute Gasteiger partial charge is 0.241 e. The highest BCUT2D eigenvalue weighted by Gasteiger charge is 2.14. The summed E-state index contributed by atoms with van der Waals surface area (Å²) in [5.74, 6) is 1.30. The molecule has 2 aromatic rings. The van der Waals surface area contributed by atoms with Crippen molar-refractivity contribution < 1.29 is 4.52 Å². The molecule has 0 bridgehead atoms. The van der Waals surface area contributed by atoms with E-state index in [9.17, 15) is 0 Å². The Kier molecular flexibility index (Phi) is 4.88. The predicted molar refractivity (Wildman–Crippen MR) is 83.1 cm³/mol. The van der Waals surface area contributed by atoms with Crippen LogP contribution in [0.25, 0.3) is 11.4 Å². The van der Waals surface area contributed by atoms with Crippen LogP contribution in [-0.2, 0) is 6.54 Å². The predicted octanol–water partition coefficient (Wildman–Crippen LogP) is 4.16. The minimum absolute atomic E-state index is 0.611. The number of benzene rings is 1. The molecule has 5 heteroatoms. The second-order valence-corrected chi connectivity index (χ2v) is 6.00. The third-order valence-corrected chi connectivity index (χ3v) is 4.09. The van der Waals surface area contributed by atoms with E-state index >= 15 is 0 Å². The lowest BCUT2D eigenvalue weighted by Gasteiger charge is -2.22. The lowest BCUT2D eigenvalue weighted by Crippen LogP contribution is -2.27. The van der Waals surface area contributed by atoms with E-state index < -0.39 is 0 Å². The summed E-state index contributed by atoms with van der Waals surface area (Å²) in [4.78, 5) is 6.90. The largest absolute Gasteiger partial charge is 0.338 e. The van der Waals surface area contributed by atoms with Crippen molar-refractivity contribution in [3.05, 3.63) is 35.2 Å². The minimum atomic E-state index is 0.611. The Morgan fingerprint density at radius 3 is 2.62 bits per heavy atom. The normalized spacial score (nSPS) is 17.4. The van der Waals surface area contributed by atoms with Gasteiger partial charge in [0.05, 0.1) is 6.54 Å². The topological polar surface area (TPSA) is 42.2 Å². The van der Waals surface area contributed by atoms with E-state index in [4.69, 9.17) is 16.1 Å². The lowest BCUT2D eigenvalue weighted by atomic mass is 10.1. The van der Waals surface area contributed by atoms with Crippen LogP contribution in [0.15, 0.2) is 28.8 Å². The fourth-order valence-corrected chi connectivity index (χ4v) is 2.92. The van der Waals surface area contributed by atoms with Gasteiger partial charge in [-0.2, -0.15) is 4.98 Å². The van der Waals surface area contributed by atoms with Crippen molar-refractivity contribution in [1.29, 1.82) is 0 Å². The Morgan fingerprint density at radius 2 is 1.86 bits per heavy atom. The van der Waals surface area contributed by atoms with Gasteiger partial charge in [-0.1, -0.05) is 48.2 Å². The van der Waals surface area contributed by atoms with Crippen LogP contribution < -0.4 is 0 Å². The van der Waals surface area contributed by atoms with Crippen molar-refractivity contribution in [1.82, 2.24) is 15.0 Å². The second-order valence-electron chi connectivity index (χ2n) is 5.57. The molecule has 1 saturated heterocycles. The highest BCUT2D eigenvalue weighted by Crippen LogP contribution is 2.20. The maximum atomic E-state index is 6.00. The first-order valence-corrected chi connectivity index (χ1v) is 8.00. The van der Waals surface area contributed by atoms with Crippen LogP contribution >= 0.6 is 11.6 Å². The lowest BCUT2D eigenvalue weighted by molar-refractivity contribution is 0.208. The molecule has 1 fully saturated rings. The SMILES string of the molecule is Clc1cccc(-c2noc(CN3CCCCCCC3)n2)c1. The number of rotatable bonds is 3. The highest BCUT2D eigenvalue weighted by molar-refractivity contribution is 6.30. The minimum Gasteiger partial charge on any atom is -0.338 e. The van der Waals surface area contributed by atoms with E-state index in [2.05, 4.69) is 15.0 Å². The van der Waals surface area contributed by atoms with Crippen molar-refractivity contribution >= 4 is 11.6 Å². The van der Waals surface area contributed by atoms with Crippen molar-refractivity contribution in [2.45, 2.75) is 38.6 Å². The monoisotopic (exact) mass is 305 g/mol. The molecule has 0 radical (unpaired) electrons. The molecule has 0 spiro atoms. The standard InChI is InChI=1S/C16H20ClN3O/c17-14-8-6-7-13(11-14)16-18-15(21-19-16)12-20-9-4-2-1-3-5-10-20/h6-8,11H,1-5,9-10,12H2. The van der Waals surface area contributed by atoms with Gasteiger partial charge in [0.1, 0.15) is 0 Å². The van der Waals surface area contributed by atoms with Gasteiger partial charge in [0.2, 0.25) is 11.7 Å². The zero-order valence-electron chi connectivity index (χ0n) is 12.1. The average Bonchev–Trinajstić information content (AvgIpc) is 2.90. The van der Waals surface area contributed by atoms with Crippen LogP contribution in [0.5, 0.6) is 0 Å². The van der Waals surface area contributed by atoms with Crippen LogP contribution in [-0.4, -0.2) is 28.1 Å². The first-order valence-electron chi connectivity index (χ1n) is 7.62. The number of aromatic nitrogens is 2. The van der Waals surface area contributed by atoms with E-state index in [0.717, 1.165) is 25.2 Å². The summed E-state index contributed by atoms with van der Waals surface area (Å²) in [6.45, 7) is 2.98. The molecule has 1 aliphatic heterocycles. The summed E-state index contributed by atoms with van der Waals surface area (Å²) in [5.41, 5.74) is 0.894. The van der Waals surface area contributed by atoms with E-state index in [1.807, 2.05) is 24.3 Å². The van der Waals surface area contributed by atoms with Gasteiger partial charge < -0.3 is 4.52 Å². The van der Waals surface area contributed by atoms with Crippen molar-refractivity contribution in [2.75, 3.05) is 13.1 Å². The molecule has 2 heterocycles. The van der Waals surface area contributed by atoms with Gasteiger partial charge in [-0.15, -0.1) is 0 Å². The summed E-state index contributed by atoms with van der Waals surface area (Å²) >= 11 is 6.00. The number of halogens is 1. The van der Waals surface area contributed by atoms with Crippen LogP contribution in [0, 0.1) is 0 Å². The fourth-order valence-electron chi connectivity index (χ4n) is 2.73. The molecule has 0 saturated carbocycles. The highest BCUT2D eigenvalue weighted by atomic mass is 35.5. The third kappa shape index (κ3) is 4.05. The molecule has 0 atom stereocenters. The van der Waals surface area contributed by atoms with Crippen molar-refractivity contribution in [3.63, 3.8) is 0 Å². The molecule has 0 unspecified atom stereocenters. The molecular formula is C16H20ClN3O. The first-order chi connectivity index (χ1) is 10.3. The average molecular weight is 306 g/mol. The van der Waals surface area contributed by atoms with Crippen molar-refractivity contribution in [2.24, 2.45) is 0 Å². The van der Waals surface area contributed by atoms with Gasteiger partial charge in [-0.05, 0) is 38.1 Å². The molecule has 1 aromatic heterocycles. The summed E-state index contributed by atoms with van der Waals surface area (Å²) in [5, 5.41) is 4.75. The quantitative estimate of drug-likeness (QED) is 0.854. The summed E-state index contributed by atoms with van der Waals surface area (Å²) in [6, 6.07) is 7.53. The number of likely N-dealkylation sites (tertiary alicyclic amines) is 1. The van der Waals surface area contributed by atoms with Crippen molar-refractivity contribution in [3.8, 4) is 11.4 Å². The maximum Gasteiger partial charge on any atom is 0.241 e. The van der Waals surface area contributed by atoms with E-state index in [1.54, 1.807) is 0 Å². The fraction of sp³-hybridized carbons (Fsp3) is 0.500. The number of nitrogens with zero attached hydrogens (tertiary/aromatic N) is 3. The molecule has 3 rings (SSSR count). The Morgan fingerprint density at radius 1 is 1.10 bits per heavy atom. The Balaban J connectivity index is 1.67. The summed E-state index contributed by atoms with van der Waals surface area (Å²) in [6.07, 6.45) is 6.54. The molecule has 1 aliphatic rings. The van der Waals surface area contributed by atoms with E-state index in [-0.39, 0.29) is 0 Å². The summed E-state index contributed by atoms with van der Waals surface area (Å²) < 4.78 is 5.39. The molecule has 21 heavy (non-hydrogen) atoms. The molecule has 112 valence electrons. The Hall–Kier alpha value is -1.39. The van der Waals surface area contributed by atoms with E-state index in [1.165, 1.54) is 32.1 Å². The van der Waals surface area contributed by atoms with Gasteiger partial charge >= 0.3 is 0 Å². The molecule has 0 aliphatic carbocycles. The van der Waals surface area contributed by atoms with Crippen LogP contribution in [0.1, 0.15) is 38.0 Å². The number of hydrogen-bond donors (Lipinski definition) is 0. The maximum absolute atomic E-state index is 6.00. The zero-order valence-corrected chi connectivity index (χ0v) is 12.9. The molecule has 1 aromatic carbocycles. The second kappa shape index (κ2) is 7.05. The van der Waals surface area contributed by atoms with E-state index in [0.29, 0.717) is 16.7 Å². The Bertz CT molecular complexity index is 576. The van der Waals surface area contributed by atoms with Crippen LogP contribution in [0.4, 0.5) is 0 Å². The van der Waals surface area contributed by atoms with Gasteiger partial charge in [0.25, 0.3) is 0 Å². The third-order valence-electron chi connectivity index (χ3n) is 3.86.